The molecule has 0 aliphatic rings. The molecule has 4 heteroatoms. The predicted molar refractivity (Wildman–Crippen MR) is 54.6 cm³/mol. The molecule has 0 aliphatic heterocycles. The van der Waals surface area contributed by atoms with E-state index in [1.54, 1.807) is 7.05 Å². The number of carbonyl (C=O) groups is 1. The van der Waals surface area contributed by atoms with E-state index in [0.29, 0.717) is 6.42 Å². The minimum Gasteiger partial charge on any atom is -0.396 e. The fraction of sp³-hybridized carbons (Fsp3) is 0.900. The number of hydroxylamine groups is 2. The zero-order chi connectivity index (χ0) is 10.8. The second kappa shape index (κ2) is 8.97. The number of carbonyl (C=O) groups excluding carboxylic acids is 1. The lowest BCUT2D eigenvalue weighted by atomic mass is 10.1. The van der Waals surface area contributed by atoms with E-state index in [1.807, 2.05) is 0 Å². The van der Waals surface area contributed by atoms with Gasteiger partial charge in [-0.2, -0.15) is 0 Å². The third-order valence-electron chi connectivity index (χ3n) is 2.17. The van der Waals surface area contributed by atoms with Gasteiger partial charge in [-0.3, -0.25) is 9.63 Å². The SMILES string of the molecule is CON(C)C(=O)CCCCCCCO. The smallest absolute Gasteiger partial charge is 0.245 e. The zero-order valence-corrected chi connectivity index (χ0v) is 9.16. The van der Waals surface area contributed by atoms with Crippen LogP contribution in [0.5, 0.6) is 0 Å². The van der Waals surface area contributed by atoms with Crippen molar-refractivity contribution in [3.8, 4) is 0 Å². The first-order chi connectivity index (χ1) is 6.72. The lowest BCUT2D eigenvalue weighted by Gasteiger charge is -2.12. The number of rotatable bonds is 8. The molecule has 1 amide bonds. The first-order valence-corrected chi connectivity index (χ1v) is 5.14. The van der Waals surface area contributed by atoms with E-state index in [4.69, 9.17) is 9.94 Å². The molecule has 0 aromatic rings. The van der Waals surface area contributed by atoms with E-state index in [9.17, 15) is 4.79 Å². The van der Waals surface area contributed by atoms with Crippen molar-refractivity contribution in [2.45, 2.75) is 38.5 Å². The average Bonchev–Trinajstić information content (AvgIpc) is 2.21. The van der Waals surface area contributed by atoms with Crippen LogP contribution in [-0.2, 0) is 9.63 Å². The highest BCUT2D eigenvalue weighted by molar-refractivity contribution is 5.74. The van der Waals surface area contributed by atoms with Crippen LogP contribution >= 0.6 is 0 Å². The van der Waals surface area contributed by atoms with Gasteiger partial charge in [-0.15, -0.1) is 0 Å². The Balaban J connectivity index is 3.23. The summed E-state index contributed by atoms with van der Waals surface area (Å²) < 4.78 is 0. The number of aliphatic hydroxyl groups excluding tert-OH is 1. The second-order valence-electron chi connectivity index (χ2n) is 3.32. The van der Waals surface area contributed by atoms with E-state index in [1.165, 1.54) is 12.2 Å². The van der Waals surface area contributed by atoms with Gasteiger partial charge in [0.05, 0.1) is 7.11 Å². The van der Waals surface area contributed by atoms with Gasteiger partial charge in [-0.05, 0) is 12.8 Å². The zero-order valence-electron chi connectivity index (χ0n) is 9.16. The van der Waals surface area contributed by atoms with Gasteiger partial charge in [0, 0.05) is 20.1 Å². The van der Waals surface area contributed by atoms with Gasteiger partial charge in [-0.25, -0.2) is 5.06 Å². The summed E-state index contributed by atoms with van der Waals surface area (Å²) >= 11 is 0. The van der Waals surface area contributed by atoms with Gasteiger partial charge in [-0.1, -0.05) is 19.3 Å². The summed E-state index contributed by atoms with van der Waals surface area (Å²) in [6.07, 6.45) is 5.49. The largest absolute Gasteiger partial charge is 0.396 e. The Morgan fingerprint density at radius 1 is 1.21 bits per heavy atom. The van der Waals surface area contributed by atoms with Gasteiger partial charge in [0.15, 0.2) is 0 Å². The summed E-state index contributed by atoms with van der Waals surface area (Å²) in [5.74, 6) is 0.0228. The van der Waals surface area contributed by atoms with Crippen LogP contribution in [0.1, 0.15) is 38.5 Å². The fourth-order valence-electron chi connectivity index (χ4n) is 1.18. The molecule has 0 aromatic carbocycles. The van der Waals surface area contributed by atoms with Crippen LogP contribution in [-0.4, -0.2) is 36.8 Å². The Bertz CT molecular complexity index is 150. The van der Waals surface area contributed by atoms with Crippen LogP contribution in [0, 0.1) is 0 Å². The molecular formula is C10H21NO3. The van der Waals surface area contributed by atoms with Gasteiger partial charge in [0.25, 0.3) is 0 Å². The van der Waals surface area contributed by atoms with E-state index in [0.717, 1.165) is 32.1 Å². The van der Waals surface area contributed by atoms with Crippen molar-refractivity contribution in [3.63, 3.8) is 0 Å². The second-order valence-corrected chi connectivity index (χ2v) is 3.32. The van der Waals surface area contributed by atoms with Crippen molar-refractivity contribution >= 4 is 5.91 Å². The summed E-state index contributed by atoms with van der Waals surface area (Å²) in [5.41, 5.74) is 0. The monoisotopic (exact) mass is 203 g/mol. The molecule has 0 heterocycles. The summed E-state index contributed by atoms with van der Waals surface area (Å²) in [6, 6.07) is 0. The van der Waals surface area contributed by atoms with Crippen LogP contribution in [0.25, 0.3) is 0 Å². The standard InChI is InChI=1S/C10H21NO3/c1-11(14-2)10(13)8-6-4-3-5-7-9-12/h12H,3-9H2,1-2H3. The summed E-state index contributed by atoms with van der Waals surface area (Å²) in [5, 5.41) is 9.80. The van der Waals surface area contributed by atoms with Crippen LogP contribution in [0.3, 0.4) is 0 Å². The number of hydrogen-bond acceptors (Lipinski definition) is 3. The van der Waals surface area contributed by atoms with Crippen LogP contribution < -0.4 is 0 Å². The van der Waals surface area contributed by atoms with Gasteiger partial charge >= 0.3 is 0 Å². The maximum absolute atomic E-state index is 11.2. The molecular weight excluding hydrogens is 182 g/mol. The molecule has 0 aromatic heterocycles. The van der Waals surface area contributed by atoms with E-state index in [-0.39, 0.29) is 12.5 Å². The molecule has 0 atom stereocenters. The van der Waals surface area contributed by atoms with Gasteiger partial charge < -0.3 is 5.11 Å². The molecule has 0 aliphatic carbocycles. The molecule has 0 saturated carbocycles. The van der Waals surface area contributed by atoms with Gasteiger partial charge in [0.1, 0.15) is 0 Å². The highest BCUT2D eigenvalue weighted by Crippen LogP contribution is 2.06. The number of unbranched alkanes of at least 4 members (excludes halogenated alkanes) is 4. The molecule has 0 bridgehead atoms. The highest BCUT2D eigenvalue weighted by atomic mass is 16.7. The molecule has 0 spiro atoms. The van der Waals surface area contributed by atoms with Crippen molar-refractivity contribution < 1.29 is 14.7 Å². The van der Waals surface area contributed by atoms with Crippen LogP contribution in [0.15, 0.2) is 0 Å². The van der Waals surface area contributed by atoms with Crippen molar-refractivity contribution in [1.29, 1.82) is 0 Å². The Hall–Kier alpha value is -0.610. The van der Waals surface area contributed by atoms with E-state index < -0.39 is 0 Å². The average molecular weight is 203 g/mol. The minimum absolute atomic E-state index is 0.0228. The minimum atomic E-state index is 0.0228. The first-order valence-electron chi connectivity index (χ1n) is 5.14. The Morgan fingerprint density at radius 2 is 1.79 bits per heavy atom. The molecule has 0 fully saturated rings. The number of aliphatic hydroxyl groups is 1. The first kappa shape index (κ1) is 13.4. The molecule has 4 nitrogen and oxygen atoms in total. The molecule has 14 heavy (non-hydrogen) atoms. The predicted octanol–water partition coefficient (Wildman–Crippen LogP) is 1.34. The molecule has 0 rings (SSSR count). The van der Waals surface area contributed by atoms with Crippen molar-refractivity contribution in [1.82, 2.24) is 5.06 Å². The maximum Gasteiger partial charge on any atom is 0.245 e. The molecule has 0 saturated heterocycles. The molecule has 0 unspecified atom stereocenters. The summed E-state index contributed by atoms with van der Waals surface area (Å²) in [6.45, 7) is 0.269. The lowest BCUT2D eigenvalue weighted by molar-refractivity contribution is -0.168. The molecule has 84 valence electrons. The lowest BCUT2D eigenvalue weighted by Crippen LogP contribution is -2.24. The summed E-state index contributed by atoms with van der Waals surface area (Å²) in [4.78, 5) is 16.0. The quantitative estimate of drug-likeness (QED) is 0.478. The van der Waals surface area contributed by atoms with Crippen molar-refractivity contribution in [3.05, 3.63) is 0 Å². The van der Waals surface area contributed by atoms with Crippen molar-refractivity contribution in [2.24, 2.45) is 0 Å². The fourth-order valence-corrected chi connectivity index (χ4v) is 1.18. The normalized spacial score (nSPS) is 10.2. The Kier molecular flexibility index (Phi) is 8.57. The van der Waals surface area contributed by atoms with E-state index >= 15 is 0 Å². The number of amides is 1. The van der Waals surface area contributed by atoms with Crippen LogP contribution in [0.2, 0.25) is 0 Å². The topological polar surface area (TPSA) is 49.8 Å². The Morgan fingerprint density at radius 3 is 2.36 bits per heavy atom. The van der Waals surface area contributed by atoms with Gasteiger partial charge in [0.2, 0.25) is 5.91 Å². The summed E-state index contributed by atoms with van der Waals surface area (Å²) in [7, 11) is 3.10. The van der Waals surface area contributed by atoms with E-state index in [2.05, 4.69) is 0 Å². The highest BCUT2D eigenvalue weighted by Gasteiger charge is 2.06. The Labute approximate surface area is 85.8 Å². The van der Waals surface area contributed by atoms with Crippen LogP contribution in [0.4, 0.5) is 0 Å². The van der Waals surface area contributed by atoms with Crippen molar-refractivity contribution in [2.75, 3.05) is 20.8 Å². The molecule has 0 radical (unpaired) electrons. The number of nitrogens with zero attached hydrogens (tertiary/aromatic N) is 1. The third kappa shape index (κ3) is 6.86. The maximum atomic E-state index is 11.2. The third-order valence-corrected chi connectivity index (χ3v) is 2.17. The molecule has 1 N–H and O–H groups in total. The number of hydrogen-bond donors (Lipinski definition) is 1.